The molecule has 1 aromatic heterocycles. The SMILES string of the molecule is CN(C(=S)CCCc1nnnn1-c1ccc(O)cc1)C1CCCCC1. The number of phenolic OH excluding ortho intramolecular Hbond substituents is 1. The van der Waals surface area contributed by atoms with Crippen LogP contribution in [0.4, 0.5) is 0 Å². The Morgan fingerprint density at radius 2 is 1.96 bits per heavy atom. The van der Waals surface area contributed by atoms with Crippen molar-refractivity contribution in [2.45, 2.75) is 57.4 Å². The monoisotopic (exact) mass is 359 g/mol. The number of tetrazole rings is 1. The van der Waals surface area contributed by atoms with Crippen LogP contribution in [-0.4, -0.2) is 48.3 Å². The summed E-state index contributed by atoms with van der Waals surface area (Å²) >= 11 is 5.63. The summed E-state index contributed by atoms with van der Waals surface area (Å²) in [5, 5.41) is 21.4. The largest absolute Gasteiger partial charge is 0.508 e. The highest BCUT2D eigenvalue weighted by molar-refractivity contribution is 7.80. The molecule has 1 N–H and O–H groups in total. The number of aryl methyl sites for hydroxylation is 1. The molecule has 1 saturated carbocycles. The Morgan fingerprint density at radius 1 is 1.24 bits per heavy atom. The van der Waals surface area contributed by atoms with E-state index in [1.807, 2.05) is 0 Å². The first-order valence-electron chi connectivity index (χ1n) is 8.97. The summed E-state index contributed by atoms with van der Waals surface area (Å²) in [4.78, 5) is 3.34. The first-order chi connectivity index (χ1) is 12.1. The summed E-state index contributed by atoms with van der Waals surface area (Å²) in [5.41, 5.74) is 0.847. The van der Waals surface area contributed by atoms with Gasteiger partial charge in [0, 0.05) is 19.5 Å². The van der Waals surface area contributed by atoms with Crippen LogP contribution in [0.5, 0.6) is 5.75 Å². The molecule has 6 nitrogen and oxygen atoms in total. The number of thiocarbonyl (C=S) groups is 1. The zero-order valence-corrected chi connectivity index (χ0v) is 15.5. The standard InChI is InChI=1S/C18H25N5OS/c1-22(14-6-3-2-4-7-14)18(25)9-5-8-17-19-20-21-23(17)15-10-12-16(24)13-11-15/h10-14,24H,2-9H2,1H3. The minimum absolute atomic E-state index is 0.231. The van der Waals surface area contributed by atoms with Crippen LogP contribution in [-0.2, 0) is 6.42 Å². The Labute approximate surface area is 153 Å². The van der Waals surface area contributed by atoms with Crippen molar-refractivity contribution >= 4 is 17.2 Å². The lowest BCUT2D eigenvalue weighted by molar-refractivity contribution is 0.278. The normalized spacial score (nSPS) is 15.2. The van der Waals surface area contributed by atoms with Gasteiger partial charge in [-0.1, -0.05) is 31.5 Å². The highest BCUT2D eigenvalue weighted by Crippen LogP contribution is 2.23. The molecule has 0 saturated heterocycles. The van der Waals surface area contributed by atoms with Crippen LogP contribution >= 0.6 is 12.2 Å². The molecule has 1 heterocycles. The second-order valence-corrected chi connectivity index (χ2v) is 7.14. The summed E-state index contributed by atoms with van der Waals surface area (Å²) in [6.07, 6.45) is 9.09. The molecule has 2 aromatic rings. The van der Waals surface area contributed by atoms with Gasteiger partial charge in [0.2, 0.25) is 0 Å². The van der Waals surface area contributed by atoms with Gasteiger partial charge in [0.25, 0.3) is 0 Å². The summed E-state index contributed by atoms with van der Waals surface area (Å²) in [6.45, 7) is 0. The van der Waals surface area contributed by atoms with Crippen LogP contribution in [0.25, 0.3) is 5.69 Å². The minimum Gasteiger partial charge on any atom is -0.508 e. The quantitative estimate of drug-likeness (QED) is 0.799. The number of benzene rings is 1. The summed E-state index contributed by atoms with van der Waals surface area (Å²) in [7, 11) is 2.14. The van der Waals surface area contributed by atoms with Crippen LogP contribution in [0.1, 0.15) is 50.8 Å². The van der Waals surface area contributed by atoms with Crippen molar-refractivity contribution in [3.8, 4) is 11.4 Å². The summed E-state index contributed by atoms with van der Waals surface area (Å²) < 4.78 is 1.72. The van der Waals surface area contributed by atoms with Crippen molar-refractivity contribution in [1.82, 2.24) is 25.1 Å². The second-order valence-electron chi connectivity index (χ2n) is 6.67. The van der Waals surface area contributed by atoms with Gasteiger partial charge < -0.3 is 10.0 Å². The van der Waals surface area contributed by atoms with Crippen LogP contribution in [0, 0.1) is 0 Å². The van der Waals surface area contributed by atoms with E-state index in [4.69, 9.17) is 12.2 Å². The topological polar surface area (TPSA) is 67.1 Å². The number of aromatic hydroxyl groups is 1. The first kappa shape index (κ1) is 17.8. The number of aromatic nitrogens is 4. The van der Waals surface area contributed by atoms with Crippen molar-refractivity contribution in [3.63, 3.8) is 0 Å². The third kappa shape index (κ3) is 4.54. The number of rotatable bonds is 6. The average molecular weight is 359 g/mol. The molecule has 1 aliphatic carbocycles. The predicted octanol–water partition coefficient (Wildman–Crippen LogP) is 3.28. The van der Waals surface area contributed by atoms with Gasteiger partial charge >= 0.3 is 0 Å². The molecule has 0 unspecified atom stereocenters. The van der Waals surface area contributed by atoms with Gasteiger partial charge in [-0.3, -0.25) is 0 Å². The zero-order chi connectivity index (χ0) is 17.6. The highest BCUT2D eigenvalue weighted by atomic mass is 32.1. The predicted molar refractivity (Wildman–Crippen MR) is 101 cm³/mol. The van der Waals surface area contributed by atoms with Crippen molar-refractivity contribution < 1.29 is 5.11 Å². The Hall–Kier alpha value is -2.02. The molecular formula is C18H25N5OS. The van der Waals surface area contributed by atoms with Crippen LogP contribution in [0.15, 0.2) is 24.3 Å². The molecule has 7 heteroatoms. The molecule has 0 amide bonds. The van der Waals surface area contributed by atoms with Crippen LogP contribution in [0.3, 0.4) is 0 Å². The Kier molecular flexibility index (Phi) is 5.96. The molecule has 25 heavy (non-hydrogen) atoms. The summed E-state index contributed by atoms with van der Waals surface area (Å²) in [5.74, 6) is 1.04. The molecule has 1 aliphatic rings. The van der Waals surface area contributed by atoms with E-state index in [-0.39, 0.29) is 5.75 Å². The van der Waals surface area contributed by atoms with E-state index in [1.54, 1.807) is 28.9 Å². The van der Waals surface area contributed by atoms with Gasteiger partial charge in [-0.2, -0.15) is 4.68 Å². The van der Waals surface area contributed by atoms with E-state index >= 15 is 0 Å². The summed E-state index contributed by atoms with van der Waals surface area (Å²) in [6, 6.07) is 7.49. The molecule has 0 aliphatic heterocycles. The lowest BCUT2D eigenvalue weighted by Crippen LogP contribution is -2.37. The fourth-order valence-electron chi connectivity index (χ4n) is 3.40. The van der Waals surface area contributed by atoms with Gasteiger partial charge in [0.15, 0.2) is 5.82 Å². The Balaban J connectivity index is 1.53. The van der Waals surface area contributed by atoms with Crippen LogP contribution < -0.4 is 0 Å². The lowest BCUT2D eigenvalue weighted by Gasteiger charge is -2.33. The molecule has 0 atom stereocenters. The van der Waals surface area contributed by atoms with Crippen molar-refractivity contribution in [2.75, 3.05) is 7.05 Å². The van der Waals surface area contributed by atoms with Crippen molar-refractivity contribution in [2.24, 2.45) is 0 Å². The van der Waals surface area contributed by atoms with E-state index in [2.05, 4.69) is 27.5 Å². The van der Waals surface area contributed by atoms with E-state index in [1.165, 1.54) is 32.1 Å². The van der Waals surface area contributed by atoms with E-state index in [0.29, 0.717) is 6.04 Å². The van der Waals surface area contributed by atoms with Gasteiger partial charge in [-0.05, 0) is 60.4 Å². The Bertz CT molecular complexity index is 694. The number of nitrogens with zero attached hydrogens (tertiary/aromatic N) is 5. The molecular weight excluding hydrogens is 334 g/mol. The Morgan fingerprint density at radius 3 is 2.68 bits per heavy atom. The number of hydrogen-bond donors (Lipinski definition) is 1. The molecule has 1 aromatic carbocycles. The first-order valence-corrected chi connectivity index (χ1v) is 9.38. The molecule has 3 rings (SSSR count). The van der Waals surface area contributed by atoms with Gasteiger partial charge in [0.1, 0.15) is 5.75 Å². The molecule has 1 fully saturated rings. The molecule has 0 radical (unpaired) electrons. The molecule has 0 spiro atoms. The fraction of sp³-hybridized carbons (Fsp3) is 0.556. The van der Waals surface area contributed by atoms with E-state index in [0.717, 1.165) is 35.8 Å². The van der Waals surface area contributed by atoms with Crippen LogP contribution in [0.2, 0.25) is 0 Å². The smallest absolute Gasteiger partial charge is 0.156 e. The third-order valence-corrected chi connectivity index (χ3v) is 5.43. The van der Waals surface area contributed by atoms with Gasteiger partial charge in [0.05, 0.1) is 10.7 Å². The molecule has 0 bridgehead atoms. The lowest BCUT2D eigenvalue weighted by atomic mass is 9.94. The maximum absolute atomic E-state index is 9.41. The number of phenols is 1. The highest BCUT2D eigenvalue weighted by Gasteiger charge is 2.19. The minimum atomic E-state index is 0.231. The maximum Gasteiger partial charge on any atom is 0.156 e. The maximum atomic E-state index is 9.41. The van der Waals surface area contributed by atoms with E-state index in [9.17, 15) is 5.11 Å². The zero-order valence-electron chi connectivity index (χ0n) is 14.6. The van der Waals surface area contributed by atoms with Crippen molar-refractivity contribution in [3.05, 3.63) is 30.1 Å². The number of hydrogen-bond acceptors (Lipinski definition) is 5. The third-order valence-electron chi connectivity index (χ3n) is 4.94. The average Bonchev–Trinajstić information content (AvgIpc) is 3.11. The van der Waals surface area contributed by atoms with Gasteiger partial charge in [-0.25, -0.2) is 0 Å². The second kappa shape index (κ2) is 8.38. The van der Waals surface area contributed by atoms with E-state index < -0.39 is 0 Å². The fourth-order valence-corrected chi connectivity index (χ4v) is 3.70. The van der Waals surface area contributed by atoms with Crippen molar-refractivity contribution in [1.29, 1.82) is 0 Å². The van der Waals surface area contributed by atoms with Gasteiger partial charge in [-0.15, -0.1) is 5.10 Å². The molecule has 134 valence electrons.